The number of thioether (sulfide) groups is 1. The SMILES string of the molecule is CN(C(=O)C1Cc2ccccc2S1)C1CCS(=O)(=O)C1. The van der Waals surface area contributed by atoms with Crippen LogP contribution in [0.3, 0.4) is 0 Å². The number of fused-ring (bicyclic) bond motifs is 1. The van der Waals surface area contributed by atoms with Crippen LogP contribution in [0.2, 0.25) is 0 Å². The molecule has 0 radical (unpaired) electrons. The quantitative estimate of drug-likeness (QED) is 0.827. The highest BCUT2D eigenvalue weighted by atomic mass is 32.2. The largest absolute Gasteiger partial charge is 0.341 e. The maximum atomic E-state index is 12.5. The standard InChI is InChI=1S/C14H17NO3S2/c1-15(11-6-7-20(17,18)9-11)14(16)13-8-10-4-2-3-5-12(10)19-13/h2-5,11,13H,6-9H2,1H3. The number of benzene rings is 1. The summed E-state index contributed by atoms with van der Waals surface area (Å²) in [5.74, 6) is 0.362. The molecule has 0 N–H and O–H groups in total. The first kappa shape index (κ1) is 13.9. The average Bonchev–Trinajstić information content (AvgIpc) is 3.00. The van der Waals surface area contributed by atoms with Gasteiger partial charge >= 0.3 is 0 Å². The van der Waals surface area contributed by atoms with Crippen LogP contribution < -0.4 is 0 Å². The van der Waals surface area contributed by atoms with Gasteiger partial charge in [0.15, 0.2) is 9.84 Å². The van der Waals surface area contributed by atoms with Gasteiger partial charge in [0.25, 0.3) is 0 Å². The van der Waals surface area contributed by atoms with Crippen molar-refractivity contribution in [2.75, 3.05) is 18.6 Å². The molecule has 20 heavy (non-hydrogen) atoms. The van der Waals surface area contributed by atoms with Gasteiger partial charge in [0.05, 0.1) is 16.8 Å². The molecule has 2 unspecified atom stereocenters. The van der Waals surface area contributed by atoms with Gasteiger partial charge < -0.3 is 4.90 Å². The fraction of sp³-hybridized carbons (Fsp3) is 0.500. The summed E-state index contributed by atoms with van der Waals surface area (Å²) in [6.07, 6.45) is 1.30. The number of hydrogen-bond donors (Lipinski definition) is 0. The Balaban J connectivity index is 1.69. The van der Waals surface area contributed by atoms with Crippen LogP contribution in [0.4, 0.5) is 0 Å². The van der Waals surface area contributed by atoms with Crippen molar-refractivity contribution in [2.24, 2.45) is 0 Å². The summed E-state index contributed by atoms with van der Waals surface area (Å²) in [7, 11) is -1.22. The van der Waals surface area contributed by atoms with Crippen LogP contribution in [0, 0.1) is 0 Å². The Morgan fingerprint density at radius 1 is 1.35 bits per heavy atom. The number of amides is 1. The van der Waals surface area contributed by atoms with E-state index in [1.54, 1.807) is 23.7 Å². The Bertz CT molecular complexity index is 617. The minimum absolute atomic E-state index is 0.0494. The second-order valence-corrected chi connectivity index (χ2v) is 8.90. The van der Waals surface area contributed by atoms with Crippen LogP contribution in [0.25, 0.3) is 0 Å². The second-order valence-electron chi connectivity index (χ2n) is 5.42. The molecule has 108 valence electrons. The predicted molar refractivity (Wildman–Crippen MR) is 79.6 cm³/mol. The number of rotatable bonds is 2. The van der Waals surface area contributed by atoms with E-state index < -0.39 is 9.84 Å². The van der Waals surface area contributed by atoms with E-state index in [2.05, 4.69) is 6.07 Å². The number of nitrogens with zero attached hydrogens (tertiary/aromatic N) is 1. The van der Waals surface area contributed by atoms with Crippen molar-refractivity contribution < 1.29 is 13.2 Å². The molecule has 1 fully saturated rings. The molecule has 1 aromatic rings. The van der Waals surface area contributed by atoms with Crippen LogP contribution in [-0.2, 0) is 21.1 Å². The van der Waals surface area contributed by atoms with E-state index in [-0.39, 0.29) is 28.7 Å². The fourth-order valence-corrected chi connectivity index (χ4v) is 5.88. The first-order valence-corrected chi connectivity index (χ1v) is 9.38. The van der Waals surface area contributed by atoms with Crippen molar-refractivity contribution in [3.05, 3.63) is 29.8 Å². The third kappa shape index (κ3) is 2.59. The Morgan fingerprint density at radius 2 is 2.10 bits per heavy atom. The lowest BCUT2D eigenvalue weighted by molar-refractivity contribution is -0.130. The van der Waals surface area contributed by atoms with Gasteiger partial charge in [0.2, 0.25) is 5.91 Å². The Morgan fingerprint density at radius 3 is 2.75 bits per heavy atom. The summed E-state index contributed by atoms with van der Waals surface area (Å²) in [6, 6.07) is 7.89. The number of sulfone groups is 1. The zero-order valence-corrected chi connectivity index (χ0v) is 12.9. The van der Waals surface area contributed by atoms with E-state index in [1.807, 2.05) is 18.2 Å². The molecule has 0 aliphatic carbocycles. The molecule has 1 aromatic carbocycles. The van der Waals surface area contributed by atoms with Crippen LogP contribution >= 0.6 is 11.8 Å². The van der Waals surface area contributed by atoms with Gasteiger partial charge in [0.1, 0.15) is 0 Å². The van der Waals surface area contributed by atoms with E-state index in [1.165, 1.54) is 10.5 Å². The summed E-state index contributed by atoms with van der Waals surface area (Å²) in [5, 5.41) is -0.110. The van der Waals surface area contributed by atoms with Gasteiger partial charge in [-0.3, -0.25) is 4.79 Å². The molecule has 0 bridgehead atoms. The number of carbonyl (C=O) groups excluding carboxylic acids is 1. The Hall–Kier alpha value is -1.01. The first-order chi connectivity index (χ1) is 9.46. The third-order valence-corrected chi connectivity index (χ3v) is 7.08. The summed E-state index contributed by atoms with van der Waals surface area (Å²) < 4.78 is 23.0. The summed E-state index contributed by atoms with van der Waals surface area (Å²) in [5.41, 5.74) is 1.21. The molecule has 1 amide bonds. The van der Waals surface area contributed by atoms with Gasteiger partial charge in [-0.25, -0.2) is 8.42 Å². The smallest absolute Gasteiger partial charge is 0.236 e. The molecule has 1 saturated heterocycles. The third-order valence-electron chi connectivity index (χ3n) is 4.03. The van der Waals surface area contributed by atoms with Crippen molar-refractivity contribution in [1.82, 2.24) is 4.90 Å². The van der Waals surface area contributed by atoms with Crippen molar-refractivity contribution in [3.8, 4) is 0 Å². The summed E-state index contributed by atoms with van der Waals surface area (Å²) >= 11 is 1.59. The molecular formula is C14H17NO3S2. The first-order valence-electron chi connectivity index (χ1n) is 6.68. The van der Waals surface area contributed by atoms with Crippen LogP contribution in [0.1, 0.15) is 12.0 Å². The molecule has 0 spiro atoms. The zero-order chi connectivity index (χ0) is 14.3. The van der Waals surface area contributed by atoms with Crippen LogP contribution in [0.5, 0.6) is 0 Å². The van der Waals surface area contributed by atoms with Crippen molar-refractivity contribution >= 4 is 27.5 Å². The number of carbonyl (C=O) groups is 1. The number of hydrogen-bond acceptors (Lipinski definition) is 4. The van der Waals surface area contributed by atoms with Gasteiger partial charge in [-0.1, -0.05) is 18.2 Å². The molecular weight excluding hydrogens is 294 g/mol. The molecule has 2 heterocycles. The lowest BCUT2D eigenvalue weighted by atomic mass is 10.1. The fourth-order valence-electron chi connectivity index (χ4n) is 2.81. The van der Waals surface area contributed by atoms with E-state index in [0.29, 0.717) is 6.42 Å². The zero-order valence-electron chi connectivity index (χ0n) is 11.3. The highest BCUT2D eigenvalue weighted by Crippen LogP contribution is 2.37. The van der Waals surface area contributed by atoms with Gasteiger partial charge in [-0.05, 0) is 24.5 Å². The second kappa shape index (κ2) is 5.07. The monoisotopic (exact) mass is 311 g/mol. The average molecular weight is 311 g/mol. The highest BCUT2D eigenvalue weighted by Gasteiger charge is 2.37. The molecule has 2 aliphatic heterocycles. The Labute approximate surface area is 123 Å². The van der Waals surface area contributed by atoms with Gasteiger partial charge in [0, 0.05) is 18.0 Å². The lowest BCUT2D eigenvalue weighted by Gasteiger charge is -2.25. The minimum atomic E-state index is -2.95. The molecule has 4 nitrogen and oxygen atoms in total. The van der Waals surface area contributed by atoms with Gasteiger partial charge in [-0.2, -0.15) is 0 Å². The Kier molecular flexibility index (Phi) is 3.54. The lowest BCUT2D eigenvalue weighted by Crippen LogP contribution is -2.42. The van der Waals surface area contributed by atoms with Crippen molar-refractivity contribution in [1.29, 1.82) is 0 Å². The van der Waals surface area contributed by atoms with E-state index >= 15 is 0 Å². The molecule has 3 rings (SSSR count). The van der Waals surface area contributed by atoms with Gasteiger partial charge in [-0.15, -0.1) is 11.8 Å². The maximum Gasteiger partial charge on any atom is 0.236 e. The summed E-state index contributed by atoms with van der Waals surface area (Å²) in [4.78, 5) is 15.3. The van der Waals surface area contributed by atoms with Crippen molar-refractivity contribution in [3.63, 3.8) is 0 Å². The molecule has 0 aromatic heterocycles. The highest BCUT2D eigenvalue weighted by molar-refractivity contribution is 8.01. The molecule has 2 aliphatic rings. The maximum absolute atomic E-state index is 12.5. The molecule has 6 heteroatoms. The van der Waals surface area contributed by atoms with Crippen LogP contribution in [0.15, 0.2) is 29.2 Å². The van der Waals surface area contributed by atoms with E-state index in [4.69, 9.17) is 0 Å². The molecule has 0 saturated carbocycles. The minimum Gasteiger partial charge on any atom is -0.341 e. The molecule has 2 atom stereocenters. The topological polar surface area (TPSA) is 54.5 Å². The summed E-state index contributed by atoms with van der Waals surface area (Å²) in [6.45, 7) is 0. The van der Waals surface area contributed by atoms with Crippen molar-refractivity contribution in [2.45, 2.75) is 29.0 Å². The van der Waals surface area contributed by atoms with E-state index in [0.717, 1.165) is 6.42 Å². The van der Waals surface area contributed by atoms with E-state index in [9.17, 15) is 13.2 Å². The predicted octanol–water partition coefficient (Wildman–Crippen LogP) is 1.35. The van der Waals surface area contributed by atoms with Crippen LogP contribution in [-0.4, -0.2) is 49.1 Å². The normalized spacial score (nSPS) is 27.2.